The number of rotatable bonds is 7. The van der Waals surface area contributed by atoms with Gasteiger partial charge in [-0.2, -0.15) is 22.9 Å². The molecule has 5 rings (SSSR count). The van der Waals surface area contributed by atoms with E-state index in [0.29, 0.717) is 27.1 Å². The smallest absolute Gasteiger partial charge is 0.416 e. The van der Waals surface area contributed by atoms with Crippen molar-refractivity contribution in [3.63, 3.8) is 0 Å². The molecule has 0 saturated carbocycles. The zero-order chi connectivity index (χ0) is 30.0. The number of methoxy groups -OCH3 is 1. The van der Waals surface area contributed by atoms with Gasteiger partial charge in [0.2, 0.25) is 0 Å². The van der Waals surface area contributed by atoms with Crippen molar-refractivity contribution in [2.75, 3.05) is 7.11 Å². The minimum atomic E-state index is -4.58. The predicted octanol–water partition coefficient (Wildman–Crippen LogP) is 8.73. The van der Waals surface area contributed by atoms with E-state index >= 15 is 0 Å². The van der Waals surface area contributed by atoms with Gasteiger partial charge in [0.25, 0.3) is 5.56 Å². The Morgan fingerprint density at radius 1 is 1.02 bits per heavy atom. The van der Waals surface area contributed by atoms with Gasteiger partial charge in [0.15, 0.2) is 17.3 Å². The first-order valence-electron chi connectivity index (χ1n) is 12.2. The first-order valence-corrected chi connectivity index (χ1v) is 14.2. The molecule has 0 aliphatic carbocycles. The SMILES string of the molecule is COc1cc(C=Nn2c(-c3cccc(C(F)(F)F)c3)nc3ccccc3c2=O)c(Br)c(Cl)c1OCc1ccc(Br)cc1. The Balaban J connectivity index is 1.58. The molecule has 1 heterocycles. The lowest BCUT2D eigenvalue weighted by Crippen LogP contribution is -2.20. The van der Waals surface area contributed by atoms with Crippen molar-refractivity contribution in [3.05, 3.63) is 120 Å². The van der Waals surface area contributed by atoms with Gasteiger partial charge in [0.05, 0.1) is 29.8 Å². The fourth-order valence-electron chi connectivity index (χ4n) is 4.09. The second-order valence-corrected chi connectivity index (χ2v) is 11.0. The highest BCUT2D eigenvalue weighted by molar-refractivity contribution is 9.10. The monoisotopic (exact) mass is 719 g/mol. The molecule has 0 saturated heterocycles. The van der Waals surface area contributed by atoms with Crippen LogP contribution in [0.3, 0.4) is 0 Å². The summed E-state index contributed by atoms with van der Waals surface area (Å²) in [5.74, 6) is 0.536. The molecular weight excluding hydrogens is 703 g/mol. The number of aromatic nitrogens is 2. The summed E-state index contributed by atoms with van der Waals surface area (Å²) in [6, 6.07) is 20.3. The fraction of sp³-hybridized carbons (Fsp3) is 0.100. The van der Waals surface area contributed by atoms with Gasteiger partial charge in [-0.25, -0.2) is 4.98 Å². The maximum atomic E-state index is 13.5. The minimum Gasteiger partial charge on any atom is -0.493 e. The van der Waals surface area contributed by atoms with Gasteiger partial charge in [-0.1, -0.05) is 63.9 Å². The summed E-state index contributed by atoms with van der Waals surface area (Å²) in [7, 11) is 1.45. The molecule has 4 aromatic carbocycles. The van der Waals surface area contributed by atoms with Gasteiger partial charge >= 0.3 is 6.18 Å². The molecule has 0 atom stereocenters. The molecule has 5 aromatic rings. The van der Waals surface area contributed by atoms with Crippen LogP contribution in [0.15, 0.2) is 97.7 Å². The quantitative estimate of drug-likeness (QED) is 0.158. The molecule has 12 heteroatoms. The average molecular weight is 722 g/mol. The van der Waals surface area contributed by atoms with Crippen LogP contribution in [0.2, 0.25) is 5.02 Å². The molecule has 0 aliphatic rings. The molecule has 0 bridgehead atoms. The van der Waals surface area contributed by atoms with Gasteiger partial charge in [-0.05, 0) is 64.0 Å². The third-order valence-corrected chi connectivity index (χ3v) is 8.16. The second kappa shape index (κ2) is 12.3. The van der Waals surface area contributed by atoms with Crippen LogP contribution in [0.4, 0.5) is 13.2 Å². The highest BCUT2D eigenvalue weighted by atomic mass is 79.9. The number of nitrogens with zero attached hydrogens (tertiary/aromatic N) is 3. The topological polar surface area (TPSA) is 65.7 Å². The van der Waals surface area contributed by atoms with E-state index in [0.717, 1.165) is 26.8 Å². The van der Waals surface area contributed by atoms with E-state index in [1.807, 2.05) is 24.3 Å². The summed E-state index contributed by atoms with van der Waals surface area (Å²) < 4.78 is 54.2. The summed E-state index contributed by atoms with van der Waals surface area (Å²) in [6.07, 6.45) is -3.24. The van der Waals surface area contributed by atoms with Crippen LogP contribution in [0, 0.1) is 0 Å². The number of halogens is 6. The molecule has 1 aromatic heterocycles. The Bertz CT molecular complexity index is 1880. The van der Waals surface area contributed by atoms with Gasteiger partial charge in [0, 0.05) is 20.1 Å². The normalized spacial score (nSPS) is 11.8. The molecule has 0 spiro atoms. The lowest BCUT2D eigenvalue weighted by molar-refractivity contribution is -0.137. The van der Waals surface area contributed by atoms with Crippen molar-refractivity contribution in [1.29, 1.82) is 0 Å². The van der Waals surface area contributed by atoms with Crippen LogP contribution in [-0.2, 0) is 12.8 Å². The van der Waals surface area contributed by atoms with E-state index in [9.17, 15) is 18.0 Å². The van der Waals surface area contributed by atoms with Crippen molar-refractivity contribution in [2.45, 2.75) is 12.8 Å². The lowest BCUT2D eigenvalue weighted by atomic mass is 10.1. The average Bonchev–Trinajstić information content (AvgIpc) is 2.98. The first kappa shape index (κ1) is 29.8. The summed E-state index contributed by atoms with van der Waals surface area (Å²) in [6.45, 7) is 0.224. The van der Waals surface area contributed by atoms with E-state index in [1.54, 1.807) is 30.3 Å². The minimum absolute atomic E-state index is 0.0651. The van der Waals surface area contributed by atoms with E-state index in [2.05, 4.69) is 41.9 Å². The number of hydrogen-bond acceptors (Lipinski definition) is 5. The highest BCUT2D eigenvalue weighted by Crippen LogP contribution is 2.42. The third-order valence-electron chi connectivity index (χ3n) is 6.19. The van der Waals surface area contributed by atoms with Crippen molar-refractivity contribution < 1.29 is 22.6 Å². The zero-order valence-electron chi connectivity index (χ0n) is 21.6. The number of ether oxygens (including phenoxy) is 2. The van der Waals surface area contributed by atoms with Crippen LogP contribution in [0.5, 0.6) is 11.5 Å². The number of fused-ring (bicyclic) bond motifs is 1. The first-order chi connectivity index (χ1) is 20.1. The van der Waals surface area contributed by atoms with Crippen LogP contribution in [0.1, 0.15) is 16.7 Å². The van der Waals surface area contributed by atoms with Gasteiger partial charge in [-0.3, -0.25) is 4.79 Å². The summed E-state index contributed by atoms with van der Waals surface area (Å²) in [5, 5.41) is 4.80. The molecule has 0 fully saturated rings. The molecule has 0 aliphatic heterocycles. The maximum absolute atomic E-state index is 13.5. The van der Waals surface area contributed by atoms with E-state index in [1.165, 1.54) is 25.5 Å². The van der Waals surface area contributed by atoms with Crippen molar-refractivity contribution >= 4 is 60.6 Å². The van der Waals surface area contributed by atoms with Crippen molar-refractivity contribution in [3.8, 4) is 22.9 Å². The van der Waals surface area contributed by atoms with E-state index < -0.39 is 17.3 Å². The summed E-state index contributed by atoms with van der Waals surface area (Å²) in [4.78, 5) is 18.0. The highest BCUT2D eigenvalue weighted by Gasteiger charge is 2.31. The molecule has 0 unspecified atom stereocenters. The fourth-order valence-corrected chi connectivity index (χ4v) is 5.01. The van der Waals surface area contributed by atoms with Crippen LogP contribution in [-0.4, -0.2) is 23.0 Å². The van der Waals surface area contributed by atoms with Crippen LogP contribution < -0.4 is 15.0 Å². The molecule has 0 N–H and O–H groups in total. The number of hydrogen-bond donors (Lipinski definition) is 0. The van der Waals surface area contributed by atoms with E-state index in [-0.39, 0.29) is 28.4 Å². The Morgan fingerprint density at radius 2 is 1.76 bits per heavy atom. The summed E-state index contributed by atoms with van der Waals surface area (Å²) in [5.41, 5.74) is 0.269. The lowest BCUT2D eigenvalue weighted by Gasteiger charge is -2.15. The van der Waals surface area contributed by atoms with Gasteiger partial charge in [-0.15, -0.1) is 0 Å². The Morgan fingerprint density at radius 3 is 2.48 bits per heavy atom. The maximum Gasteiger partial charge on any atom is 0.416 e. The third kappa shape index (κ3) is 6.23. The molecule has 42 heavy (non-hydrogen) atoms. The largest absolute Gasteiger partial charge is 0.493 e. The Kier molecular flexibility index (Phi) is 8.72. The van der Waals surface area contributed by atoms with Crippen LogP contribution >= 0.6 is 43.5 Å². The standard InChI is InChI=1S/C30H19Br2ClF3N3O3/c1-41-24-14-19(25(32)26(33)27(24)42-16-17-9-11-21(31)12-10-17)15-37-39-28(18-5-4-6-20(13-18)30(34,35)36)38-23-8-3-2-7-22(23)29(39)40/h2-15H,16H2,1H3. The van der Waals surface area contributed by atoms with Crippen molar-refractivity contribution in [2.24, 2.45) is 5.10 Å². The predicted molar refractivity (Wildman–Crippen MR) is 164 cm³/mol. The van der Waals surface area contributed by atoms with Gasteiger partial charge < -0.3 is 9.47 Å². The molecule has 0 radical (unpaired) electrons. The van der Waals surface area contributed by atoms with E-state index in [4.69, 9.17) is 21.1 Å². The van der Waals surface area contributed by atoms with Crippen molar-refractivity contribution in [1.82, 2.24) is 9.66 Å². The number of alkyl halides is 3. The Labute approximate surface area is 259 Å². The van der Waals surface area contributed by atoms with Crippen LogP contribution in [0.25, 0.3) is 22.3 Å². The number of para-hydroxylation sites is 1. The Hall–Kier alpha value is -3.67. The number of benzene rings is 4. The summed E-state index contributed by atoms with van der Waals surface area (Å²) >= 11 is 13.5. The second-order valence-electron chi connectivity index (χ2n) is 8.93. The molecule has 214 valence electrons. The van der Waals surface area contributed by atoms with Gasteiger partial charge in [0.1, 0.15) is 11.6 Å². The molecule has 6 nitrogen and oxygen atoms in total. The zero-order valence-corrected chi connectivity index (χ0v) is 25.6. The molecule has 0 amide bonds. The molecular formula is C30H19Br2ClF3N3O3.